The standard InChI is InChI=1S/C19H15Cl2NO4/c1-11-2-4-14-12(9-25-17(14)6-11)7-19(24)26-10-18(23)22-16-5-3-13(20)8-15(16)21/h2-6,8-9H,7,10H2,1H3,(H,22,23). The second-order valence-electron chi connectivity index (χ2n) is 5.77. The number of anilines is 1. The molecule has 0 aliphatic rings. The average Bonchev–Trinajstić information content (AvgIpc) is 2.97. The van der Waals surface area contributed by atoms with E-state index in [1.165, 1.54) is 12.3 Å². The number of furan rings is 1. The number of carbonyl (C=O) groups excluding carboxylic acids is 2. The molecule has 0 bridgehead atoms. The van der Waals surface area contributed by atoms with Crippen molar-refractivity contribution in [3.05, 3.63) is 63.8 Å². The number of nitrogens with one attached hydrogen (secondary N) is 1. The summed E-state index contributed by atoms with van der Waals surface area (Å²) in [6, 6.07) is 10.4. The van der Waals surface area contributed by atoms with Crippen molar-refractivity contribution in [2.24, 2.45) is 0 Å². The Balaban J connectivity index is 1.55. The zero-order valence-corrected chi connectivity index (χ0v) is 15.4. The van der Waals surface area contributed by atoms with Gasteiger partial charge in [-0.25, -0.2) is 0 Å². The van der Waals surface area contributed by atoms with Crippen LogP contribution in [0.3, 0.4) is 0 Å². The monoisotopic (exact) mass is 391 g/mol. The van der Waals surface area contributed by atoms with Gasteiger partial charge in [0, 0.05) is 16.0 Å². The number of fused-ring (bicyclic) bond motifs is 1. The SMILES string of the molecule is Cc1ccc2c(CC(=O)OCC(=O)Nc3ccc(Cl)cc3Cl)coc2c1. The summed E-state index contributed by atoms with van der Waals surface area (Å²) >= 11 is 11.8. The molecule has 0 unspecified atom stereocenters. The Morgan fingerprint density at radius 3 is 2.73 bits per heavy atom. The van der Waals surface area contributed by atoms with Crippen LogP contribution < -0.4 is 5.32 Å². The number of ether oxygens (including phenoxy) is 1. The topological polar surface area (TPSA) is 68.5 Å². The molecule has 0 saturated heterocycles. The van der Waals surface area contributed by atoms with E-state index < -0.39 is 18.5 Å². The molecule has 0 fully saturated rings. The Kier molecular flexibility index (Phi) is 5.49. The fourth-order valence-electron chi connectivity index (χ4n) is 2.46. The van der Waals surface area contributed by atoms with Crippen molar-refractivity contribution < 1.29 is 18.7 Å². The molecular formula is C19H15Cl2NO4. The normalized spacial score (nSPS) is 10.7. The van der Waals surface area contributed by atoms with Gasteiger partial charge in [-0.1, -0.05) is 35.3 Å². The van der Waals surface area contributed by atoms with Crippen LogP contribution in [0.25, 0.3) is 11.0 Å². The largest absolute Gasteiger partial charge is 0.464 e. The third-order valence-electron chi connectivity index (χ3n) is 3.72. The highest BCUT2D eigenvalue weighted by Crippen LogP contribution is 2.25. The van der Waals surface area contributed by atoms with Crippen molar-refractivity contribution in [2.75, 3.05) is 11.9 Å². The molecule has 2 aromatic carbocycles. The molecule has 1 aromatic heterocycles. The first-order valence-corrected chi connectivity index (χ1v) is 8.55. The van der Waals surface area contributed by atoms with Crippen LogP contribution in [0.4, 0.5) is 5.69 Å². The molecule has 0 spiro atoms. The second kappa shape index (κ2) is 7.81. The number of amides is 1. The van der Waals surface area contributed by atoms with Crippen molar-refractivity contribution in [1.29, 1.82) is 0 Å². The van der Waals surface area contributed by atoms with E-state index in [-0.39, 0.29) is 6.42 Å². The average molecular weight is 392 g/mol. The second-order valence-corrected chi connectivity index (χ2v) is 6.61. The highest BCUT2D eigenvalue weighted by atomic mass is 35.5. The van der Waals surface area contributed by atoms with E-state index in [0.29, 0.717) is 26.9 Å². The van der Waals surface area contributed by atoms with Gasteiger partial charge in [0.05, 0.1) is 23.4 Å². The molecule has 0 aliphatic carbocycles. The van der Waals surface area contributed by atoms with Gasteiger partial charge >= 0.3 is 5.97 Å². The first-order valence-electron chi connectivity index (χ1n) is 7.79. The maximum atomic E-state index is 12.0. The van der Waals surface area contributed by atoms with Crippen LogP contribution >= 0.6 is 23.2 Å². The number of rotatable bonds is 5. The molecule has 0 atom stereocenters. The summed E-state index contributed by atoms with van der Waals surface area (Å²) in [7, 11) is 0. The van der Waals surface area contributed by atoms with Gasteiger partial charge in [-0.3, -0.25) is 9.59 Å². The predicted octanol–water partition coefficient (Wildman–Crippen LogP) is 4.77. The van der Waals surface area contributed by atoms with E-state index in [9.17, 15) is 9.59 Å². The van der Waals surface area contributed by atoms with E-state index in [0.717, 1.165) is 10.9 Å². The molecule has 0 aliphatic heterocycles. The van der Waals surface area contributed by atoms with E-state index >= 15 is 0 Å². The summed E-state index contributed by atoms with van der Waals surface area (Å²) in [5, 5.41) is 4.18. The van der Waals surface area contributed by atoms with Crippen LogP contribution in [0.5, 0.6) is 0 Å². The maximum Gasteiger partial charge on any atom is 0.310 e. The van der Waals surface area contributed by atoms with Crippen LogP contribution in [0.2, 0.25) is 10.0 Å². The lowest BCUT2D eigenvalue weighted by atomic mass is 10.1. The number of halogens is 2. The summed E-state index contributed by atoms with van der Waals surface area (Å²) in [6.07, 6.45) is 1.55. The Bertz CT molecular complexity index is 981. The van der Waals surface area contributed by atoms with Crippen LogP contribution in [0, 0.1) is 6.92 Å². The Labute approximate surface area is 159 Å². The molecule has 26 heavy (non-hydrogen) atoms. The first kappa shape index (κ1) is 18.3. The lowest BCUT2D eigenvalue weighted by Crippen LogP contribution is -2.21. The summed E-state index contributed by atoms with van der Waals surface area (Å²) in [5.41, 5.74) is 2.89. The minimum absolute atomic E-state index is 0.0189. The molecular weight excluding hydrogens is 377 g/mol. The molecule has 3 aromatic rings. The number of aryl methyl sites for hydroxylation is 1. The van der Waals surface area contributed by atoms with Crippen molar-refractivity contribution in [3.63, 3.8) is 0 Å². The molecule has 134 valence electrons. The zero-order valence-electron chi connectivity index (χ0n) is 13.8. The maximum absolute atomic E-state index is 12.0. The number of hydrogen-bond donors (Lipinski definition) is 1. The Hall–Kier alpha value is -2.50. The third-order valence-corrected chi connectivity index (χ3v) is 4.26. The van der Waals surface area contributed by atoms with Crippen molar-refractivity contribution in [3.8, 4) is 0 Å². The van der Waals surface area contributed by atoms with E-state index in [2.05, 4.69) is 5.32 Å². The van der Waals surface area contributed by atoms with Crippen molar-refractivity contribution in [2.45, 2.75) is 13.3 Å². The lowest BCUT2D eigenvalue weighted by molar-refractivity contribution is -0.146. The highest BCUT2D eigenvalue weighted by molar-refractivity contribution is 6.36. The fraction of sp³-hybridized carbons (Fsp3) is 0.158. The number of hydrogen-bond acceptors (Lipinski definition) is 4. The molecule has 0 saturated carbocycles. The van der Waals surface area contributed by atoms with Gasteiger partial charge in [0.1, 0.15) is 5.58 Å². The number of benzene rings is 2. The summed E-state index contributed by atoms with van der Waals surface area (Å²) in [5.74, 6) is -1.01. The smallest absolute Gasteiger partial charge is 0.310 e. The summed E-state index contributed by atoms with van der Waals surface area (Å²) in [4.78, 5) is 23.9. The Morgan fingerprint density at radius 1 is 1.15 bits per heavy atom. The van der Waals surface area contributed by atoms with Gasteiger partial charge in [0.15, 0.2) is 6.61 Å². The number of esters is 1. The Morgan fingerprint density at radius 2 is 1.96 bits per heavy atom. The molecule has 1 N–H and O–H groups in total. The van der Waals surface area contributed by atoms with E-state index in [4.69, 9.17) is 32.4 Å². The van der Waals surface area contributed by atoms with Crippen LogP contribution in [-0.2, 0) is 20.7 Å². The summed E-state index contributed by atoms with van der Waals surface area (Å²) < 4.78 is 10.5. The molecule has 1 amide bonds. The van der Waals surface area contributed by atoms with Gasteiger partial charge < -0.3 is 14.5 Å². The van der Waals surface area contributed by atoms with E-state index in [1.54, 1.807) is 12.1 Å². The molecule has 7 heteroatoms. The number of carbonyl (C=O) groups is 2. The summed E-state index contributed by atoms with van der Waals surface area (Å²) in [6.45, 7) is 1.55. The van der Waals surface area contributed by atoms with Gasteiger partial charge in [0.2, 0.25) is 0 Å². The van der Waals surface area contributed by atoms with Crippen molar-refractivity contribution >= 4 is 51.7 Å². The van der Waals surface area contributed by atoms with Crippen molar-refractivity contribution in [1.82, 2.24) is 0 Å². The first-order chi connectivity index (χ1) is 12.4. The third kappa shape index (κ3) is 4.36. The lowest BCUT2D eigenvalue weighted by Gasteiger charge is -2.08. The predicted molar refractivity (Wildman–Crippen MR) is 101 cm³/mol. The molecule has 3 rings (SSSR count). The minimum atomic E-state index is -0.523. The minimum Gasteiger partial charge on any atom is -0.464 e. The highest BCUT2D eigenvalue weighted by Gasteiger charge is 2.14. The van der Waals surface area contributed by atoms with Crippen LogP contribution in [0.15, 0.2) is 47.1 Å². The quantitative estimate of drug-likeness (QED) is 0.635. The van der Waals surface area contributed by atoms with Gasteiger partial charge in [-0.05, 0) is 36.8 Å². The van der Waals surface area contributed by atoms with E-state index in [1.807, 2.05) is 25.1 Å². The van der Waals surface area contributed by atoms with Gasteiger partial charge in [-0.15, -0.1) is 0 Å². The molecule has 5 nitrogen and oxygen atoms in total. The molecule has 0 radical (unpaired) electrons. The van der Waals surface area contributed by atoms with Gasteiger partial charge in [0.25, 0.3) is 5.91 Å². The van der Waals surface area contributed by atoms with Crippen LogP contribution in [0.1, 0.15) is 11.1 Å². The van der Waals surface area contributed by atoms with Crippen LogP contribution in [-0.4, -0.2) is 18.5 Å². The zero-order chi connectivity index (χ0) is 18.7. The molecule has 1 heterocycles. The fourth-order valence-corrected chi connectivity index (χ4v) is 2.91. The van der Waals surface area contributed by atoms with Gasteiger partial charge in [-0.2, -0.15) is 0 Å².